The zero-order valence-corrected chi connectivity index (χ0v) is 21.6. The average Bonchev–Trinajstić information content (AvgIpc) is 3.33. The van der Waals surface area contributed by atoms with Gasteiger partial charge in [0, 0.05) is 6.42 Å². The van der Waals surface area contributed by atoms with Crippen LogP contribution in [0.4, 0.5) is 11.4 Å². The number of aromatic nitrogens is 2. The van der Waals surface area contributed by atoms with E-state index in [1.807, 2.05) is 80.8 Å². The number of fused-ring (bicyclic) bond motifs is 2. The number of carbonyl (C=O) groups excluding carboxylic acids is 2. The molecule has 3 aromatic rings. The van der Waals surface area contributed by atoms with Gasteiger partial charge in [0.05, 0.1) is 40.8 Å². The van der Waals surface area contributed by atoms with Gasteiger partial charge in [-0.15, -0.1) is 0 Å². The van der Waals surface area contributed by atoms with Gasteiger partial charge >= 0.3 is 11.9 Å². The first-order valence-electron chi connectivity index (χ1n) is 12.8. The molecule has 0 bridgehead atoms. The molecule has 1 aromatic heterocycles. The predicted molar refractivity (Wildman–Crippen MR) is 141 cm³/mol. The molecule has 0 saturated heterocycles. The van der Waals surface area contributed by atoms with Gasteiger partial charge in [-0.2, -0.15) is 0 Å². The summed E-state index contributed by atoms with van der Waals surface area (Å²) in [5.41, 5.74) is 3.88. The van der Waals surface area contributed by atoms with Crippen LogP contribution < -0.4 is 10.2 Å². The molecule has 0 spiro atoms. The monoisotopic (exact) mass is 492 g/mol. The number of para-hydroxylation sites is 4. The number of carbonyl (C=O) groups is 2. The number of anilines is 2. The second kappa shape index (κ2) is 11.5. The summed E-state index contributed by atoms with van der Waals surface area (Å²) in [7, 11) is 0. The van der Waals surface area contributed by atoms with Crippen molar-refractivity contribution in [2.75, 3.05) is 16.8 Å². The molecule has 0 aliphatic carbocycles. The smallest absolute Gasteiger partial charge is 0.326 e. The van der Waals surface area contributed by atoms with Crippen molar-refractivity contribution in [1.82, 2.24) is 9.55 Å². The number of esters is 2. The zero-order valence-electron chi connectivity index (χ0n) is 21.6. The summed E-state index contributed by atoms with van der Waals surface area (Å²) in [6.45, 7) is 7.79. The number of ether oxygens (including phenoxy) is 2. The molecule has 36 heavy (non-hydrogen) atoms. The summed E-state index contributed by atoms with van der Waals surface area (Å²) in [6.07, 6.45) is 3.17. The summed E-state index contributed by atoms with van der Waals surface area (Å²) in [5.74, 6) is 0.402. The number of hydrogen-bond acceptors (Lipinski definition) is 7. The SMILES string of the molecule is CC(C)OC(=O)CN1c2ccccc2N[C@@H]1CCCCc1nc2ccccc2n1CC(=O)OC(C)C. The van der Waals surface area contributed by atoms with Crippen LogP contribution in [0.3, 0.4) is 0 Å². The Labute approximate surface area is 212 Å². The van der Waals surface area contributed by atoms with Crippen molar-refractivity contribution in [3.05, 3.63) is 54.4 Å². The highest BCUT2D eigenvalue weighted by atomic mass is 16.5. The van der Waals surface area contributed by atoms with E-state index < -0.39 is 0 Å². The lowest BCUT2D eigenvalue weighted by atomic mass is 10.1. The van der Waals surface area contributed by atoms with Crippen LogP contribution in [0.2, 0.25) is 0 Å². The Morgan fingerprint density at radius 2 is 1.58 bits per heavy atom. The fourth-order valence-electron chi connectivity index (χ4n) is 4.68. The largest absolute Gasteiger partial charge is 0.462 e. The molecule has 0 saturated carbocycles. The number of rotatable bonds is 11. The van der Waals surface area contributed by atoms with Crippen molar-refractivity contribution < 1.29 is 19.1 Å². The fraction of sp³-hybridized carbons (Fsp3) is 0.464. The molecule has 0 fully saturated rings. The first-order valence-corrected chi connectivity index (χ1v) is 12.8. The topological polar surface area (TPSA) is 85.7 Å². The predicted octanol–water partition coefficient (Wildman–Crippen LogP) is 4.91. The minimum atomic E-state index is -0.258. The van der Waals surface area contributed by atoms with Crippen LogP contribution in [0.5, 0.6) is 0 Å². The number of hydrogen-bond donors (Lipinski definition) is 1. The van der Waals surface area contributed by atoms with Gasteiger partial charge in [0.2, 0.25) is 0 Å². The van der Waals surface area contributed by atoms with Crippen molar-refractivity contribution in [3.63, 3.8) is 0 Å². The Balaban J connectivity index is 1.40. The Hall–Kier alpha value is -3.55. The van der Waals surface area contributed by atoms with Gasteiger partial charge in [0.15, 0.2) is 0 Å². The summed E-state index contributed by atoms with van der Waals surface area (Å²) in [6, 6.07) is 15.9. The van der Waals surface area contributed by atoms with Crippen LogP contribution in [-0.2, 0) is 32.0 Å². The standard InChI is InChI=1S/C28H36N4O4/c1-19(2)35-27(33)17-31-23-13-7-5-11-21(23)29-25(31)15-9-10-16-26-30-22-12-6-8-14-24(22)32(26)18-28(34)36-20(3)4/h5-8,11-14,19-20,25,29H,9-10,15-18H2,1-4H3/t25-/m0/s1. The van der Waals surface area contributed by atoms with Crippen molar-refractivity contribution in [1.29, 1.82) is 0 Å². The average molecular weight is 493 g/mol. The molecule has 2 heterocycles. The summed E-state index contributed by atoms with van der Waals surface area (Å²) >= 11 is 0. The molecule has 1 atom stereocenters. The third-order valence-corrected chi connectivity index (χ3v) is 6.09. The van der Waals surface area contributed by atoms with E-state index in [0.29, 0.717) is 0 Å². The lowest BCUT2D eigenvalue weighted by Gasteiger charge is -2.26. The minimum absolute atomic E-state index is 0.0157. The Morgan fingerprint density at radius 3 is 2.33 bits per heavy atom. The van der Waals surface area contributed by atoms with Crippen molar-refractivity contribution in [2.45, 2.75) is 78.3 Å². The molecular formula is C28H36N4O4. The highest BCUT2D eigenvalue weighted by Gasteiger charge is 2.30. The lowest BCUT2D eigenvalue weighted by Crippen LogP contribution is -2.40. The molecule has 8 nitrogen and oxygen atoms in total. The number of aryl methyl sites for hydroxylation is 1. The Morgan fingerprint density at radius 1 is 0.917 bits per heavy atom. The van der Waals surface area contributed by atoms with Gasteiger partial charge in [0.25, 0.3) is 0 Å². The van der Waals surface area contributed by atoms with Gasteiger partial charge in [-0.3, -0.25) is 9.59 Å². The third kappa shape index (κ3) is 6.17. The van der Waals surface area contributed by atoms with E-state index in [9.17, 15) is 9.59 Å². The van der Waals surface area contributed by atoms with Crippen molar-refractivity contribution >= 4 is 34.3 Å². The normalized spacial score (nSPS) is 14.8. The maximum absolute atomic E-state index is 12.4. The van der Waals surface area contributed by atoms with Crippen LogP contribution in [0.15, 0.2) is 48.5 Å². The van der Waals surface area contributed by atoms with Gasteiger partial charge in [-0.05, 0) is 71.2 Å². The van der Waals surface area contributed by atoms with Crippen LogP contribution in [-0.4, -0.2) is 46.4 Å². The highest BCUT2D eigenvalue weighted by Crippen LogP contribution is 2.35. The molecule has 1 aliphatic heterocycles. The lowest BCUT2D eigenvalue weighted by molar-refractivity contribution is -0.148. The van der Waals surface area contributed by atoms with E-state index in [4.69, 9.17) is 14.5 Å². The summed E-state index contributed by atoms with van der Waals surface area (Å²) < 4.78 is 12.7. The second-order valence-electron chi connectivity index (χ2n) is 9.73. The van der Waals surface area contributed by atoms with E-state index in [-0.39, 0.29) is 43.4 Å². The first kappa shape index (κ1) is 25.5. The van der Waals surface area contributed by atoms with E-state index in [2.05, 4.69) is 10.2 Å². The van der Waals surface area contributed by atoms with Crippen LogP contribution in [0.1, 0.15) is 52.8 Å². The molecule has 1 aliphatic rings. The molecule has 2 aromatic carbocycles. The van der Waals surface area contributed by atoms with E-state index in [0.717, 1.165) is 53.9 Å². The minimum Gasteiger partial charge on any atom is -0.462 e. The molecule has 192 valence electrons. The second-order valence-corrected chi connectivity index (χ2v) is 9.73. The van der Waals surface area contributed by atoms with Gasteiger partial charge in [-0.25, -0.2) is 4.98 Å². The van der Waals surface area contributed by atoms with Crippen LogP contribution in [0, 0.1) is 0 Å². The molecule has 1 N–H and O–H groups in total. The molecule has 0 unspecified atom stereocenters. The van der Waals surface area contributed by atoms with Gasteiger partial charge in [0.1, 0.15) is 18.9 Å². The summed E-state index contributed by atoms with van der Waals surface area (Å²) in [5, 5.41) is 3.56. The molecule has 4 rings (SSSR count). The van der Waals surface area contributed by atoms with Gasteiger partial charge in [-0.1, -0.05) is 24.3 Å². The fourth-order valence-corrected chi connectivity index (χ4v) is 4.68. The maximum atomic E-state index is 12.4. The number of benzene rings is 2. The number of nitrogens with one attached hydrogen (secondary N) is 1. The number of imidazole rings is 1. The third-order valence-electron chi connectivity index (χ3n) is 6.09. The maximum Gasteiger partial charge on any atom is 0.326 e. The number of nitrogens with zero attached hydrogens (tertiary/aromatic N) is 3. The van der Waals surface area contributed by atoms with Crippen molar-refractivity contribution in [3.8, 4) is 0 Å². The number of unbranched alkanes of at least 4 members (excludes halogenated alkanes) is 1. The molecule has 0 amide bonds. The van der Waals surface area contributed by atoms with Crippen molar-refractivity contribution in [2.24, 2.45) is 0 Å². The molecule has 0 radical (unpaired) electrons. The van der Waals surface area contributed by atoms with Crippen LogP contribution in [0.25, 0.3) is 11.0 Å². The van der Waals surface area contributed by atoms with E-state index >= 15 is 0 Å². The quantitative estimate of drug-likeness (QED) is 0.301. The molecular weight excluding hydrogens is 456 g/mol. The van der Waals surface area contributed by atoms with E-state index in [1.165, 1.54) is 0 Å². The Kier molecular flexibility index (Phi) is 8.13. The Bertz CT molecular complexity index is 1200. The van der Waals surface area contributed by atoms with E-state index in [1.54, 1.807) is 0 Å². The zero-order chi connectivity index (χ0) is 25.7. The van der Waals surface area contributed by atoms with Gasteiger partial charge < -0.3 is 24.3 Å². The first-order chi connectivity index (χ1) is 17.3. The highest BCUT2D eigenvalue weighted by molar-refractivity contribution is 5.83. The summed E-state index contributed by atoms with van der Waals surface area (Å²) in [4.78, 5) is 31.7. The van der Waals surface area contributed by atoms with Crippen LogP contribution >= 0.6 is 0 Å². The molecule has 8 heteroatoms.